The van der Waals surface area contributed by atoms with E-state index in [-0.39, 0.29) is 18.1 Å². The number of ether oxygens (including phenoxy) is 1. The Kier molecular flexibility index (Phi) is 4.12. The molecule has 0 radical (unpaired) electrons. The summed E-state index contributed by atoms with van der Waals surface area (Å²) < 4.78 is 6.34. The zero-order valence-electron chi connectivity index (χ0n) is 9.65. The Morgan fingerprint density at radius 3 is 3.12 bits per heavy atom. The van der Waals surface area contributed by atoms with Crippen LogP contribution in [0.25, 0.3) is 0 Å². The van der Waals surface area contributed by atoms with E-state index in [1.165, 1.54) is 0 Å². The third kappa shape index (κ3) is 3.26. The third-order valence-electron chi connectivity index (χ3n) is 2.85. The van der Waals surface area contributed by atoms with Gasteiger partial charge in [0.15, 0.2) is 0 Å². The van der Waals surface area contributed by atoms with Crippen molar-refractivity contribution >= 4 is 21.8 Å². The number of rotatable bonds is 3. The Morgan fingerprint density at radius 1 is 1.65 bits per heavy atom. The van der Waals surface area contributed by atoms with E-state index >= 15 is 0 Å². The van der Waals surface area contributed by atoms with Gasteiger partial charge in [0, 0.05) is 23.5 Å². The average molecular weight is 299 g/mol. The molecule has 1 N–H and O–H groups in total. The summed E-state index contributed by atoms with van der Waals surface area (Å²) >= 11 is 3.30. The quantitative estimate of drug-likeness (QED) is 0.930. The van der Waals surface area contributed by atoms with Gasteiger partial charge in [-0.05, 0) is 41.8 Å². The Hall–Kier alpha value is -0.940. The molecule has 0 aliphatic carbocycles. The molecule has 2 atom stereocenters. The minimum Gasteiger partial charge on any atom is -0.376 e. The van der Waals surface area contributed by atoms with Crippen molar-refractivity contribution < 1.29 is 9.53 Å². The van der Waals surface area contributed by atoms with E-state index in [1.54, 1.807) is 18.5 Å². The zero-order chi connectivity index (χ0) is 12.3. The molecule has 17 heavy (non-hydrogen) atoms. The van der Waals surface area contributed by atoms with Gasteiger partial charge in [-0.25, -0.2) is 0 Å². The number of nitrogens with zero attached hydrogens (tertiary/aromatic N) is 1. The maximum atomic E-state index is 11.9. The van der Waals surface area contributed by atoms with Crippen LogP contribution in [0.1, 0.15) is 30.1 Å². The van der Waals surface area contributed by atoms with Crippen molar-refractivity contribution in [2.45, 2.75) is 31.9 Å². The van der Waals surface area contributed by atoms with Crippen molar-refractivity contribution in [1.29, 1.82) is 0 Å². The van der Waals surface area contributed by atoms with Gasteiger partial charge in [-0.15, -0.1) is 0 Å². The van der Waals surface area contributed by atoms with Crippen LogP contribution in [0.5, 0.6) is 0 Å². The molecule has 0 aromatic carbocycles. The van der Waals surface area contributed by atoms with Gasteiger partial charge >= 0.3 is 0 Å². The lowest BCUT2D eigenvalue weighted by atomic mass is 10.1. The largest absolute Gasteiger partial charge is 0.376 e. The van der Waals surface area contributed by atoms with Crippen LogP contribution in [0.4, 0.5) is 0 Å². The number of hydrogen-bond donors (Lipinski definition) is 1. The van der Waals surface area contributed by atoms with Gasteiger partial charge in [-0.2, -0.15) is 0 Å². The average Bonchev–Trinajstić information content (AvgIpc) is 2.82. The van der Waals surface area contributed by atoms with Crippen LogP contribution in [0.2, 0.25) is 0 Å². The van der Waals surface area contributed by atoms with E-state index in [0.29, 0.717) is 5.56 Å². The second kappa shape index (κ2) is 5.60. The van der Waals surface area contributed by atoms with Gasteiger partial charge in [-0.1, -0.05) is 0 Å². The Labute approximate surface area is 109 Å². The summed E-state index contributed by atoms with van der Waals surface area (Å²) in [6.07, 6.45) is 5.43. The van der Waals surface area contributed by atoms with E-state index in [2.05, 4.69) is 26.2 Å². The molecule has 1 aromatic rings. The molecule has 2 heterocycles. The molecule has 5 heteroatoms. The number of amides is 1. The third-order valence-corrected chi connectivity index (χ3v) is 3.28. The first-order chi connectivity index (χ1) is 8.16. The summed E-state index contributed by atoms with van der Waals surface area (Å²) in [6, 6.07) is 1.79. The van der Waals surface area contributed by atoms with Gasteiger partial charge < -0.3 is 10.1 Å². The Balaban J connectivity index is 1.96. The molecule has 0 spiro atoms. The van der Waals surface area contributed by atoms with E-state index in [1.807, 2.05) is 6.92 Å². The molecule has 4 nitrogen and oxygen atoms in total. The van der Waals surface area contributed by atoms with Gasteiger partial charge in [0.1, 0.15) is 0 Å². The predicted octanol–water partition coefficient (Wildman–Crippen LogP) is 2.14. The lowest BCUT2D eigenvalue weighted by Crippen LogP contribution is -2.40. The number of hydrogen-bond acceptors (Lipinski definition) is 3. The highest BCUT2D eigenvalue weighted by molar-refractivity contribution is 9.10. The number of aromatic nitrogens is 1. The highest BCUT2D eigenvalue weighted by atomic mass is 79.9. The monoisotopic (exact) mass is 298 g/mol. The van der Waals surface area contributed by atoms with Gasteiger partial charge in [-0.3, -0.25) is 9.78 Å². The smallest absolute Gasteiger partial charge is 0.253 e. The summed E-state index contributed by atoms with van der Waals surface area (Å²) in [5.41, 5.74) is 0.559. The van der Waals surface area contributed by atoms with Crippen molar-refractivity contribution in [2.24, 2.45) is 0 Å². The molecule has 0 saturated carbocycles. The highest BCUT2D eigenvalue weighted by Gasteiger charge is 2.23. The first-order valence-corrected chi connectivity index (χ1v) is 6.49. The predicted molar refractivity (Wildman–Crippen MR) is 67.8 cm³/mol. The lowest BCUT2D eigenvalue weighted by Gasteiger charge is -2.19. The van der Waals surface area contributed by atoms with Crippen molar-refractivity contribution in [3.8, 4) is 0 Å². The first-order valence-electron chi connectivity index (χ1n) is 5.70. The number of nitrogens with one attached hydrogen (secondary N) is 1. The highest BCUT2D eigenvalue weighted by Crippen LogP contribution is 2.16. The summed E-state index contributed by atoms with van der Waals surface area (Å²) in [5, 5.41) is 2.94. The molecule has 2 rings (SSSR count). The summed E-state index contributed by atoms with van der Waals surface area (Å²) in [6.45, 7) is 2.77. The fourth-order valence-electron chi connectivity index (χ4n) is 1.92. The molecular weight excluding hydrogens is 284 g/mol. The first kappa shape index (κ1) is 12.5. The maximum Gasteiger partial charge on any atom is 0.253 e. The normalized spacial score (nSPS) is 21.2. The Bertz CT molecular complexity index is 405. The van der Waals surface area contributed by atoms with Crippen LogP contribution in [-0.4, -0.2) is 29.6 Å². The van der Waals surface area contributed by atoms with E-state index in [9.17, 15) is 4.79 Å². The van der Waals surface area contributed by atoms with Crippen LogP contribution < -0.4 is 5.32 Å². The molecular formula is C12H15BrN2O2. The van der Waals surface area contributed by atoms with E-state index in [0.717, 1.165) is 23.9 Å². The number of carbonyl (C=O) groups excluding carboxylic acids is 1. The minimum absolute atomic E-state index is 0.0315. The molecule has 1 aliphatic heterocycles. The number of halogens is 1. The van der Waals surface area contributed by atoms with Crippen LogP contribution in [0.15, 0.2) is 22.9 Å². The molecule has 1 fully saturated rings. The standard InChI is InChI=1S/C12H15BrN2O2/c1-8(11-3-2-4-17-11)15-12(16)9-5-10(13)7-14-6-9/h5-8,11H,2-4H2,1H3,(H,15,16)/t8-,11-/m0/s1. The second-order valence-electron chi connectivity index (χ2n) is 4.21. The molecule has 0 bridgehead atoms. The maximum absolute atomic E-state index is 11.9. The fourth-order valence-corrected chi connectivity index (χ4v) is 2.28. The SMILES string of the molecule is C[C@H](NC(=O)c1cncc(Br)c1)[C@@H]1CCCO1. The van der Waals surface area contributed by atoms with Crippen LogP contribution in [0, 0.1) is 0 Å². The van der Waals surface area contributed by atoms with Crippen molar-refractivity contribution in [3.63, 3.8) is 0 Å². The topological polar surface area (TPSA) is 51.2 Å². The van der Waals surface area contributed by atoms with Gasteiger partial charge in [0.25, 0.3) is 5.91 Å². The molecule has 1 saturated heterocycles. The summed E-state index contributed by atoms with van der Waals surface area (Å²) in [7, 11) is 0. The number of carbonyl (C=O) groups is 1. The fraction of sp³-hybridized carbons (Fsp3) is 0.500. The lowest BCUT2D eigenvalue weighted by molar-refractivity contribution is 0.0712. The van der Waals surface area contributed by atoms with Gasteiger partial charge in [0.05, 0.1) is 17.7 Å². The molecule has 1 aliphatic rings. The molecule has 1 aromatic heterocycles. The van der Waals surface area contributed by atoms with Crippen molar-refractivity contribution in [3.05, 3.63) is 28.5 Å². The zero-order valence-corrected chi connectivity index (χ0v) is 11.2. The summed E-state index contributed by atoms with van der Waals surface area (Å²) in [5.74, 6) is -0.109. The molecule has 92 valence electrons. The number of pyridine rings is 1. The Morgan fingerprint density at radius 2 is 2.47 bits per heavy atom. The van der Waals surface area contributed by atoms with E-state index in [4.69, 9.17) is 4.74 Å². The molecule has 1 amide bonds. The van der Waals surface area contributed by atoms with Crippen LogP contribution in [-0.2, 0) is 4.74 Å². The van der Waals surface area contributed by atoms with Crippen LogP contribution in [0.3, 0.4) is 0 Å². The van der Waals surface area contributed by atoms with Crippen molar-refractivity contribution in [1.82, 2.24) is 10.3 Å². The molecule has 0 unspecified atom stereocenters. The van der Waals surface area contributed by atoms with Crippen LogP contribution >= 0.6 is 15.9 Å². The minimum atomic E-state index is -0.109. The second-order valence-corrected chi connectivity index (χ2v) is 5.12. The van der Waals surface area contributed by atoms with Gasteiger partial charge in [0.2, 0.25) is 0 Å². The van der Waals surface area contributed by atoms with Crippen molar-refractivity contribution in [2.75, 3.05) is 6.61 Å². The van der Waals surface area contributed by atoms with E-state index < -0.39 is 0 Å². The summed E-state index contributed by atoms with van der Waals surface area (Å²) in [4.78, 5) is 15.9.